The van der Waals surface area contributed by atoms with Crippen molar-refractivity contribution in [3.8, 4) is 0 Å². The lowest BCUT2D eigenvalue weighted by Crippen LogP contribution is -2.32. The number of rotatable bonds is 6. The molecule has 0 saturated heterocycles. The van der Waals surface area contributed by atoms with E-state index in [9.17, 15) is 4.79 Å². The van der Waals surface area contributed by atoms with Gasteiger partial charge in [0.1, 0.15) is 0 Å². The molecule has 1 amide bonds. The molecule has 1 N–H and O–H groups in total. The Morgan fingerprint density at radius 1 is 1.33 bits per heavy atom. The smallest absolute Gasteiger partial charge is 0.222 e. The third-order valence-corrected chi connectivity index (χ3v) is 2.99. The number of likely N-dealkylation sites (N-methyl/N-ethyl adjacent to an activating group) is 2. The predicted molar refractivity (Wildman–Crippen MR) is 78.3 cm³/mol. The quantitative estimate of drug-likeness (QED) is 0.858. The van der Waals surface area contributed by atoms with Gasteiger partial charge in [0.25, 0.3) is 0 Å². The lowest BCUT2D eigenvalue weighted by Gasteiger charge is -2.17. The molecule has 0 aromatic heterocycles. The molecule has 0 heterocycles. The van der Waals surface area contributed by atoms with E-state index in [0.29, 0.717) is 6.42 Å². The first-order valence-corrected chi connectivity index (χ1v) is 6.08. The standard InChI is InChI=1S/C14H22N2O.ClH/c1-12-6-4-5-7-13(12)8-9-14(17)16(3)11-10-15-2;/h4-7,15H,8-11H2,1-3H3;1H. The number of hydrogen-bond donors (Lipinski definition) is 1. The summed E-state index contributed by atoms with van der Waals surface area (Å²) in [5.74, 6) is 0.212. The average molecular weight is 271 g/mol. The Morgan fingerprint density at radius 2 is 2.00 bits per heavy atom. The van der Waals surface area contributed by atoms with Gasteiger partial charge in [0.15, 0.2) is 0 Å². The number of nitrogens with one attached hydrogen (secondary N) is 1. The molecule has 0 aliphatic rings. The summed E-state index contributed by atoms with van der Waals surface area (Å²) in [7, 11) is 3.75. The van der Waals surface area contributed by atoms with E-state index in [-0.39, 0.29) is 18.3 Å². The SMILES string of the molecule is CNCCN(C)C(=O)CCc1ccccc1C.Cl. The summed E-state index contributed by atoms with van der Waals surface area (Å²) in [5.41, 5.74) is 2.53. The highest BCUT2D eigenvalue weighted by Crippen LogP contribution is 2.10. The van der Waals surface area contributed by atoms with Gasteiger partial charge in [-0.15, -0.1) is 12.4 Å². The molecule has 0 fully saturated rings. The molecule has 1 rings (SSSR count). The van der Waals surface area contributed by atoms with Crippen molar-refractivity contribution in [1.82, 2.24) is 10.2 Å². The van der Waals surface area contributed by atoms with E-state index in [4.69, 9.17) is 0 Å². The van der Waals surface area contributed by atoms with Crippen molar-refractivity contribution < 1.29 is 4.79 Å². The molecule has 0 saturated carbocycles. The number of amides is 1. The Morgan fingerprint density at radius 3 is 2.61 bits per heavy atom. The van der Waals surface area contributed by atoms with Crippen LogP contribution in [0.4, 0.5) is 0 Å². The molecule has 102 valence electrons. The maximum atomic E-state index is 11.8. The molecular formula is C14H23ClN2O. The lowest BCUT2D eigenvalue weighted by atomic mass is 10.0. The van der Waals surface area contributed by atoms with Crippen LogP contribution < -0.4 is 5.32 Å². The van der Waals surface area contributed by atoms with Crippen LogP contribution in [0.1, 0.15) is 17.5 Å². The van der Waals surface area contributed by atoms with Gasteiger partial charge < -0.3 is 10.2 Å². The summed E-state index contributed by atoms with van der Waals surface area (Å²) < 4.78 is 0. The lowest BCUT2D eigenvalue weighted by molar-refractivity contribution is -0.129. The van der Waals surface area contributed by atoms with Crippen molar-refractivity contribution in [2.24, 2.45) is 0 Å². The Balaban J connectivity index is 0.00000289. The number of aryl methyl sites for hydroxylation is 2. The summed E-state index contributed by atoms with van der Waals surface area (Å²) in [6.45, 7) is 3.69. The van der Waals surface area contributed by atoms with E-state index in [1.165, 1.54) is 11.1 Å². The number of carbonyl (C=O) groups excluding carboxylic acids is 1. The van der Waals surface area contributed by atoms with Crippen molar-refractivity contribution in [1.29, 1.82) is 0 Å². The van der Waals surface area contributed by atoms with Gasteiger partial charge in [-0.25, -0.2) is 0 Å². The second-order valence-electron chi connectivity index (χ2n) is 4.35. The predicted octanol–water partition coefficient (Wildman–Crippen LogP) is 2.03. The van der Waals surface area contributed by atoms with Gasteiger partial charge in [-0.1, -0.05) is 24.3 Å². The highest BCUT2D eigenvalue weighted by atomic mass is 35.5. The number of carbonyl (C=O) groups is 1. The molecule has 0 spiro atoms. The van der Waals surface area contributed by atoms with Crippen LogP contribution in [0.5, 0.6) is 0 Å². The minimum absolute atomic E-state index is 0. The van der Waals surface area contributed by atoms with Crippen LogP contribution in [0.25, 0.3) is 0 Å². The summed E-state index contributed by atoms with van der Waals surface area (Å²) >= 11 is 0. The van der Waals surface area contributed by atoms with Crippen molar-refractivity contribution >= 4 is 18.3 Å². The van der Waals surface area contributed by atoms with Gasteiger partial charge in [0.05, 0.1) is 0 Å². The average Bonchev–Trinajstić information content (AvgIpc) is 2.34. The molecule has 3 nitrogen and oxygen atoms in total. The fourth-order valence-corrected chi connectivity index (χ4v) is 1.73. The molecule has 0 aliphatic carbocycles. The monoisotopic (exact) mass is 270 g/mol. The van der Waals surface area contributed by atoms with Gasteiger partial charge in [-0.2, -0.15) is 0 Å². The minimum atomic E-state index is 0. The molecule has 0 radical (unpaired) electrons. The van der Waals surface area contributed by atoms with Gasteiger partial charge in [0.2, 0.25) is 5.91 Å². The summed E-state index contributed by atoms with van der Waals surface area (Å²) in [6.07, 6.45) is 1.42. The zero-order valence-corrected chi connectivity index (χ0v) is 12.2. The highest BCUT2D eigenvalue weighted by Gasteiger charge is 2.08. The molecule has 4 heteroatoms. The first-order chi connectivity index (χ1) is 8.15. The maximum absolute atomic E-state index is 11.8. The summed E-state index contributed by atoms with van der Waals surface area (Å²) in [6, 6.07) is 8.23. The molecule has 0 unspecified atom stereocenters. The van der Waals surface area contributed by atoms with Gasteiger partial charge >= 0.3 is 0 Å². The van der Waals surface area contributed by atoms with E-state index < -0.39 is 0 Å². The fraction of sp³-hybridized carbons (Fsp3) is 0.500. The molecule has 18 heavy (non-hydrogen) atoms. The minimum Gasteiger partial charge on any atom is -0.344 e. The van der Waals surface area contributed by atoms with Crippen molar-refractivity contribution in [2.75, 3.05) is 27.2 Å². The van der Waals surface area contributed by atoms with Crippen molar-refractivity contribution in [2.45, 2.75) is 19.8 Å². The third kappa shape index (κ3) is 5.52. The third-order valence-electron chi connectivity index (χ3n) is 2.99. The van der Waals surface area contributed by atoms with Crippen molar-refractivity contribution in [3.05, 3.63) is 35.4 Å². The van der Waals surface area contributed by atoms with Gasteiger partial charge in [0, 0.05) is 26.6 Å². The second kappa shape index (κ2) is 8.95. The first-order valence-electron chi connectivity index (χ1n) is 6.08. The Bertz CT molecular complexity index is 369. The van der Waals surface area contributed by atoms with Gasteiger partial charge in [-0.05, 0) is 31.5 Å². The first kappa shape index (κ1) is 16.9. The van der Waals surface area contributed by atoms with Crippen LogP contribution in [-0.2, 0) is 11.2 Å². The highest BCUT2D eigenvalue weighted by molar-refractivity contribution is 5.85. The number of nitrogens with zero attached hydrogens (tertiary/aromatic N) is 1. The van der Waals surface area contributed by atoms with E-state index in [2.05, 4.69) is 24.4 Å². The van der Waals surface area contributed by atoms with E-state index >= 15 is 0 Å². The molecule has 0 aliphatic heterocycles. The van der Waals surface area contributed by atoms with Crippen LogP contribution in [0.2, 0.25) is 0 Å². The maximum Gasteiger partial charge on any atom is 0.222 e. The van der Waals surface area contributed by atoms with Crippen LogP contribution >= 0.6 is 12.4 Å². The summed E-state index contributed by atoms with van der Waals surface area (Å²) in [5, 5.41) is 3.04. The fourth-order valence-electron chi connectivity index (χ4n) is 1.73. The molecule has 0 atom stereocenters. The van der Waals surface area contributed by atoms with Crippen LogP contribution in [0.3, 0.4) is 0 Å². The Kier molecular flexibility index (Phi) is 8.42. The molecular weight excluding hydrogens is 248 g/mol. The number of hydrogen-bond acceptors (Lipinski definition) is 2. The zero-order valence-electron chi connectivity index (χ0n) is 11.4. The van der Waals surface area contributed by atoms with Crippen LogP contribution in [-0.4, -0.2) is 38.0 Å². The molecule has 1 aromatic carbocycles. The number of halogens is 1. The normalized spacial score (nSPS) is 9.72. The molecule has 0 bridgehead atoms. The zero-order chi connectivity index (χ0) is 12.7. The number of benzene rings is 1. The molecule has 1 aromatic rings. The Labute approximate surface area is 116 Å². The summed E-state index contributed by atoms with van der Waals surface area (Å²) in [4.78, 5) is 13.6. The van der Waals surface area contributed by atoms with E-state index in [1.54, 1.807) is 4.90 Å². The van der Waals surface area contributed by atoms with E-state index in [1.807, 2.05) is 26.2 Å². The van der Waals surface area contributed by atoms with Crippen molar-refractivity contribution in [3.63, 3.8) is 0 Å². The Hall–Kier alpha value is -1.06. The van der Waals surface area contributed by atoms with Crippen LogP contribution in [0.15, 0.2) is 24.3 Å². The van der Waals surface area contributed by atoms with Crippen LogP contribution in [0, 0.1) is 6.92 Å². The van der Waals surface area contributed by atoms with Gasteiger partial charge in [-0.3, -0.25) is 4.79 Å². The largest absolute Gasteiger partial charge is 0.344 e. The second-order valence-corrected chi connectivity index (χ2v) is 4.35. The topological polar surface area (TPSA) is 32.3 Å². The van der Waals surface area contributed by atoms with E-state index in [0.717, 1.165) is 19.5 Å².